The standard InChI is InChI=1S/C16H26BrNO2/c1-6-19-15-8-13(9-18-12(4)5)7-14(17)16(15)20-10-11(2)3/h7-8,11-12,18H,6,9-10H2,1-5H3. The Kier molecular flexibility index (Phi) is 7.38. The fourth-order valence-electron chi connectivity index (χ4n) is 1.70. The van der Waals surface area contributed by atoms with Gasteiger partial charge in [0.2, 0.25) is 0 Å². The zero-order valence-corrected chi connectivity index (χ0v) is 14.7. The number of halogens is 1. The molecule has 0 aliphatic heterocycles. The van der Waals surface area contributed by atoms with Gasteiger partial charge in [-0.05, 0) is 46.5 Å². The maximum Gasteiger partial charge on any atom is 0.175 e. The van der Waals surface area contributed by atoms with Gasteiger partial charge in [-0.2, -0.15) is 0 Å². The zero-order chi connectivity index (χ0) is 15.1. The molecule has 0 heterocycles. The molecule has 1 aromatic rings. The van der Waals surface area contributed by atoms with E-state index in [9.17, 15) is 0 Å². The first-order chi connectivity index (χ1) is 9.43. The van der Waals surface area contributed by atoms with E-state index in [0.717, 1.165) is 22.5 Å². The summed E-state index contributed by atoms with van der Waals surface area (Å²) in [6, 6.07) is 4.61. The Morgan fingerprint density at radius 2 is 1.85 bits per heavy atom. The summed E-state index contributed by atoms with van der Waals surface area (Å²) in [4.78, 5) is 0. The molecule has 0 atom stereocenters. The molecule has 0 unspecified atom stereocenters. The summed E-state index contributed by atoms with van der Waals surface area (Å²) in [6.45, 7) is 12.7. The first-order valence-electron chi connectivity index (χ1n) is 7.25. The molecular formula is C16H26BrNO2. The van der Waals surface area contributed by atoms with Gasteiger partial charge in [-0.25, -0.2) is 0 Å². The highest BCUT2D eigenvalue weighted by Crippen LogP contribution is 2.37. The van der Waals surface area contributed by atoms with E-state index < -0.39 is 0 Å². The van der Waals surface area contributed by atoms with Crippen LogP contribution in [-0.2, 0) is 6.54 Å². The Bertz CT molecular complexity index is 419. The van der Waals surface area contributed by atoms with Crippen LogP contribution in [0.1, 0.15) is 40.2 Å². The Labute approximate surface area is 131 Å². The predicted octanol–water partition coefficient (Wildman–Crippen LogP) is 4.38. The Morgan fingerprint density at radius 1 is 1.15 bits per heavy atom. The van der Waals surface area contributed by atoms with E-state index in [4.69, 9.17) is 9.47 Å². The van der Waals surface area contributed by atoms with Crippen molar-refractivity contribution >= 4 is 15.9 Å². The van der Waals surface area contributed by atoms with E-state index >= 15 is 0 Å². The van der Waals surface area contributed by atoms with Gasteiger partial charge in [-0.1, -0.05) is 27.7 Å². The topological polar surface area (TPSA) is 30.5 Å². The van der Waals surface area contributed by atoms with Crippen LogP contribution >= 0.6 is 15.9 Å². The van der Waals surface area contributed by atoms with Gasteiger partial charge in [0.15, 0.2) is 11.5 Å². The first-order valence-corrected chi connectivity index (χ1v) is 8.04. The molecule has 3 nitrogen and oxygen atoms in total. The molecular weight excluding hydrogens is 318 g/mol. The fourth-order valence-corrected chi connectivity index (χ4v) is 2.30. The van der Waals surface area contributed by atoms with Crippen molar-refractivity contribution in [2.75, 3.05) is 13.2 Å². The molecule has 0 spiro atoms. The summed E-state index contributed by atoms with van der Waals surface area (Å²) < 4.78 is 12.5. The number of ether oxygens (including phenoxy) is 2. The third kappa shape index (κ3) is 5.71. The van der Waals surface area contributed by atoms with Crippen LogP contribution < -0.4 is 14.8 Å². The van der Waals surface area contributed by atoms with E-state index in [2.05, 4.69) is 61.1 Å². The van der Waals surface area contributed by atoms with Crippen molar-refractivity contribution in [1.29, 1.82) is 0 Å². The van der Waals surface area contributed by atoms with Gasteiger partial charge >= 0.3 is 0 Å². The van der Waals surface area contributed by atoms with Gasteiger partial charge in [0.1, 0.15) is 0 Å². The highest BCUT2D eigenvalue weighted by Gasteiger charge is 2.13. The second-order valence-electron chi connectivity index (χ2n) is 5.58. The summed E-state index contributed by atoms with van der Waals surface area (Å²) >= 11 is 3.59. The summed E-state index contributed by atoms with van der Waals surface area (Å²) in [5.41, 5.74) is 1.19. The van der Waals surface area contributed by atoms with Gasteiger partial charge in [0.05, 0.1) is 17.7 Å². The van der Waals surface area contributed by atoms with Crippen LogP contribution in [0.4, 0.5) is 0 Å². The van der Waals surface area contributed by atoms with Gasteiger partial charge in [0.25, 0.3) is 0 Å². The Hall–Kier alpha value is -0.740. The van der Waals surface area contributed by atoms with Crippen LogP contribution in [0.3, 0.4) is 0 Å². The van der Waals surface area contributed by atoms with E-state index in [-0.39, 0.29) is 0 Å². The minimum Gasteiger partial charge on any atom is -0.490 e. The number of rotatable bonds is 8. The van der Waals surface area contributed by atoms with Crippen LogP contribution in [0.2, 0.25) is 0 Å². The van der Waals surface area contributed by atoms with Crippen molar-refractivity contribution in [3.8, 4) is 11.5 Å². The molecule has 4 heteroatoms. The Morgan fingerprint density at radius 3 is 2.40 bits per heavy atom. The van der Waals surface area contributed by atoms with E-state index in [1.165, 1.54) is 5.56 Å². The van der Waals surface area contributed by atoms with Crippen molar-refractivity contribution < 1.29 is 9.47 Å². The van der Waals surface area contributed by atoms with E-state index in [1.807, 2.05) is 6.92 Å². The SMILES string of the molecule is CCOc1cc(CNC(C)C)cc(Br)c1OCC(C)C. The quantitative estimate of drug-likeness (QED) is 0.759. The van der Waals surface area contributed by atoms with Crippen molar-refractivity contribution in [2.45, 2.75) is 47.2 Å². The molecule has 1 N–H and O–H groups in total. The van der Waals surface area contributed by atoms with E-state index in [1.54, 1.807) is 0 Å². The van der Waals surface area contributed by atoms with Gasteiger partial charge < -0.3 is 14.8 Å². The second-order valence-corrected chi connectivity index (χ2v) is 6.43. The summed E-state index contributed by atoms with van der Waals surface area (Å²) in [7, 11) is 0. The minimum atomic E-state index is 0.459. The van der Waals surface area contributed by atoms with E-state index in [0.29, 0.717) is 25.2 Å². The molecule has 1 rings (SSSR count). The molecule has 0 radical (unpaired) electrons. The maximum atomic E-state index is 5.87. The smallest absolute Gasteiger partial charge is 0.175 e. The fraction of sp³-hybridized carbons (Fsp3) is 0.625. The summed E-state index contributed by atoms with van der Waals surface area (Å²) in [6.07, 6.45) is 0. The van der Waals surface area contributed by atoms with Crippen LogP contribution in [0.5, 0.6) is 11.5 Å². The average molecular weight is 344 g/mol. The largest absolute Gasteiger partial charge is 0.490 e. The van der Waals surface area contributed by atoms with Gasteiger partial charge in [0, 0.05) is 12.6 Å². The average Bonchev–Trinajstić information content (AvgIpc) is 2.35. The number of hydrogen-bond acceptors (Lipinski definition) is 3. The maximum absolute atomic E-state index is 5.87. The van der Waals surface area contributed by atoms with Crippen LogP contribution in [0.15, 0.2) is 16.6 Å². The summed E-state index contributed by atoms with van der Waals surface area (Å²) in [5, 5.41) is 3.41. The zero-order valence-electron chi connectivity index (χ0n) is 13.1. The molecule has 114 valence electrons. The molecule has 0 saturated carbocycles. The van der Waals surface area contributed by atoms with Crippen molar-refractivity contribution in [3.63, 3.8) is 0 Å². The molecule has 0 aromatic heterocycles. The molecule has 0 bridgehead atoms. The van der Waals surface area contributed by atoms with Gasteiger partial charge in [-0.15, -0.1) is 0 Å². The van der Waals surface area contributed by atoms with Crippen molar-refractivity contribution in [1.82, 2.24) is 5.32 Å². The van der Waals surface area contributed by atoms with Crippen molar-refractivity contribution in [3.05, 3.63) is 22.2 Å². The molecule has 0 saturated heterocycles. The van der Waals surface area contributed by atoms with Crippen LogP contribution in [-0.4, -0.2) is 19.3 Å². The number of hydrogen-bond donors (Lipinski definition) is 1. The molecule has 0 aliphatic rings. The lowest BCUT2D eigenvalue weighted by Gasteiger charge is -2.17. The monoisotopic (exact) mass is 343 g/mol. The molecule has 0 fully saturated rings. The molecule has 0 amide bonds. The lowest BCUT2D eigenvalue weighted by Crippen LogP contribution is -2.21. The normalized spacial score (nSPS) is 11.2. The van der Waals surface area contributed by atoms with Crippen molar-refractivity contribution in [2.24, 2.45) is 5.92 Å². The third-order valence-electron chi connectivity index (χ3n) is 2.64. The lowest BCUT2D eigenvalue weighted by atomic mass is 10.2. The minimum absolute atomic E-state index is 0.459. The van der Waals surface area contributed by atoms with Gasteiger partial charge in [-0.3, -0.25) is 0 Å². The van der Waals surface area contributed by atoms with Crippen LogP contribution in [0, 0.1) is 5.92 Å². The molecule has 1 aromatic carbocycles. The highest BCUT2D eigenvalue weighted by atomic mass is 79.9. The number of benzene rings is 1. The second kappa shape index (κ2) is 8.53. The first kappa shape index (κ1) is 17.3. The predicted molar refractivity (Wildman–Crippen MR) is 87.6 cm³/mol. The summed E-state index contributed by atoms with van der Waals surface area (Å²) in [5.74, 6) is 2.09. The number of nitrogens with one attached hydrogen (secondary N) is 1. The van der Waals surface area contributed by atoms with Crippen LogP contribution in [0.25, 0.3) is 0 Å². The molecule has 20 heavy (non-hydrogen) atoms. The lowest BCUT2D eigenvalue weighted by molar-refractivity contribution is 0.246. The third-order valence-corrected chi connectivity index (χ3v) is 3.23. The Balaban J connectivity index is 2.92. The molecule has 0 aliphatic carbocycles. The highest BCUT2D eigenvalue weighted by molar-refractivity contribution is 9.10.